The van der Waals surface area contributed by atoms with Crippen LogP contribution in [0.25, 0.3) is 0 Å². The van der Waals surface area contributed by atoms with Gasteiger partial charge in [-0.3, -0.25) is 14.6 Å². The number of aromatic amines is 2. The Balaban J connectivity index is 2.85. The van der Waals surface area contributed by atoms with Crippen LogP contribution in [0, 0.1) is 5.92 Å². The van der Waals surface area contributed by atoms with E-state index >= 15 is 0 Å². The Kier molecular flexibility index (Phi) is 4.62. The van der Waals surface area contributed by atoms with Gasteiger partial charge in [0.15, 0.2) is 4.90 Å². The van der Waals surface area contributed by atoms with E-state index in [1.165, 1.54) is 0 Å². The van der Waals surface area contributed by atoms with Crippen molar-refractivity contribution in [3.63, 3.8) is 0 Å². The van der Waals surface area contributed by atoms with Gasteiger partial charge in [-0.1, -0.05) is 6.92 Å². The number of sulfonamides is 1. The molecule has 9 nitrogen and oxygen atoms in total. The number of H-pyrrole nitrogens is 2. The molecule has 0 radical (unpaired) electrons. The predicted molar refractivity (Wildman–Crippen MR) is 64.3 cm³/mol. The zero-order valence-electron chi connectivity index (χ0n) is 9.97. The highest BCUT2D eigenvalue weighted by Gasteiger charge is 2.20. The van der Waals surface area contributed by atoms with Crippen LogP contribution < -0.4 is 16.0 Å². The molecule has 0 bridgehead atoms. The van der Waals surface area contributed by atoms with Gasteiger partial charge < -0.3 is 10.1 Å². The van der Waals surface area contributed by atoms with Crippen LogP contribution in [0.5, 0.6) is 0 Å². The van der Waals surface area contributed by atoms with Gasteiger partial charge in [0, 0.05) is 19.2 Å². The van der Waals surface area contributed by atoms with Gasteiger partial charge in [0.25, 0.3) is 5.56 Å². The van der Waals surface area contributed by atoms with Gasteiger partial charge in [-0.15, -0.1) is 0 Å². The Bertz CT molecular complexity index is 674. The van der Waals surface area contributed by atoms with E-state index in [1.54, 1.807) is 11.9 Å². The molecule has 1 aromatic heterocycles. The van der Waals surface area contributed by atoms with Crippen LogP contribution in [0.4, 0.5) is 0 Å². The SMILES string of the molecule is CC(CNS(=O)(=O)c1c[nH]c(=O)[nH]c1=O)CC(=O)O. The molecule has 0 aliphatic heterocycles. The van der Waals surface area contributed by atoms with Crippen molar-refractivity contribution in [1.29, 1.82) is 0 Å². The van der Waals surface area contributed by atoms with Crippen molar-refractivity contribution in [3.8, 4) is 0 Å². The topological polar surface area (TPSA) is 149 Å². The summed E-state index contributed by atoms with van der Waals surface area (Å²) in [5, 5.41) is 8.53. The highest BCUT2D eigenvalue weighted by Crippen LogP contribution is 2.03. The summed E-state index contributed by atoms with van der Waals surface area (Å²) in [4.78, 5) is 35.7. The zero-order valence-corrected chi connectivity index (χ0v) is 10.8. The summed E-state index contributed by atoms with van der Waals surface area (Å²) in [5.74, 6) is -1.48. The van der Waals surface area contributed by atoms with Gasteiger partial charge in [-0.05, 0) is 5.92 Å². The van der Waals surface area contributed by atoms with E-state index in [0.29, 0.717) is 0 Å². The van der Waals surface area contributed by atoms with Gasteiger partial charge in [-0.2, -0.15) is 0 Å². The van der Waals surface area contributed by atoms with E-state index in [2.05, 4.69) is 4.72 Å². The lowest BCUT2D eigenvalue weighted by molar-refractivity contribution is -0.137. The van der Waals surface area contributed by atoms with E-state index in [9.17, 15) is 22.8 Å². The summed E-state index contributed by atoms with van der Waals surface area (Å²) in [6.07, 6.45) is 0.579. The first-order valence-corrected chi connectivity index (χ1v) is 6.74. The van der Waals surface area contributed by atoms with Crippen molar-refractivity contribution in [2.24, 2.45) is 5.92 Å². The lowest BCUT2D eigenvalue weighted by atomic mass is 10.1. The predicted octanol–water partition coefficient (Wildman–Crippen LogP) is -1.55. The number of rotatable bonds is 6. The van der Waals surface area contributed by atoms with Gasteiger partial charge in [0.05, 0.1) is 0 Å². The highest BCUT2D eigenvalue weighted by atomic mass is 32.2. The molecular formula is C9H13N3O6S. The van der Waals surface area contributed by atoms with Gasteiger partial charge >= 0.3 is 11.7 Å². The molecule has 0 saturated heterocycles. The number of nitrogens with one attached hydrogen (secondary N) is 3. The third-order valence-corrected chi connectivity index (χ3v) is 3.65. The molecule has 106 valence electrons. The third kappa shape index (κ3) is 4.34. The van der Waals surface area contributed by atoms with Crippen LogP contribution in [-0.2, 0) is 14.8 Å². The summed E-state index contributed by atoms with van der Waals surface area (Å²) >= 11 is 0. The lowest BCUT2D eigenvalue weighted by Gasteiger charge is -2.10. The zero-order chi connectivity index (χ0) is 14.6. The van der Waals surface area contributed by atoms with Crippen molar-refractivity contribution in [1.82, 2.24) is 14.7 Å². The molecule has 1 heterocycles. The van der Waals surface area contributed by atoms with Crippen molar-refractivity contribution in [2.45, 2.75) is 18.2 Å². The molecule has 10 heteroatoms. The maximum atomic E-state index is 11.8. The fourth-order valence-electron chi connectivity index (χ4n) is 1.30. The summed E-state index contributed by atoms with van der Waals surface area (Å²) in [6.45, 7) is 1.42. The average Bonchev–Trinajstić information content (AvgIpc) is 2.25. The second-order valence-electron chi connectivity index (χ2n) is 3.99. The number of carbonyl (C=O) groups is 1. The average molecular weight is 291 g/mol. The molecule has 1 rings (SSSR count). The summed E-state index contributed by atoms with van der Waals surface area (Å²) in [5.41, 5.74) is -1.86. The van der Waals surface area contributed by atoms with Crippen LogP contribution >= 0.6 is 0 Å². The van der Waals surface area contributed by atoms with E-state index < -0.39 is 38.1 Å². The first-order valence-electron chi connectivity index (χ1n) is 5.26. The first-order chi connectivity index (χ1) is 8.72. The standard InChI is InChI=1S/C9H13N3O6S/c1-5(2-7(13)14)3-11-19(17,18)6-4-10-9(16)12-8(6)15/h4-5,11H,2-3H2,1H3,(H,13,14)(H2,10,12,15,16). The van der Waals surface area contributed by atoms with Gasteiger partial charge in [-0.25, -0.2) is 17.9 Å². The third-order valence-electron chi connectivity index (χ3n) is 2.22. The number of aromatic nitrogens is 2. The molecule has 0 aromatic carbocycles. The van der Waals surface area contributed by atoms with Crippen molar-refractivity contribution in [2.75, 3.05) is 6.54 Å². The fraction of sp³-hybridized carbons (Fsp3) is 0.444. The Hall–Kier alpha value is -1.94. The van der Waals surface area contributed by atoms with Crippen LogP contribution in [0.1, 0.15) is 13.3 Å². The van der Waals surface area contributed by atoms with E-state index in [-0.39, 0.29) is 13.0 Å². The molecule has 0 fully saturated rings. The molecule has 0 aliphatic rings. The minimum atomic E-state index is -4.10. The number of carboxylic acids is 1. The molecule has 0 saturated carbocycles. The molecule has 0 spiro atoms. The Morgan fingerprint density at radius 1 is 1.47 bits per heavy atom. The second-order valence-corrected chi connectivity index (χ2v) is 5.73. The van der Waals surface area contributed by atoms with Crippen LogP contribution in [0.15, 0.2) is 20.7 Å². The molecule has 1 aromatic rings. The maximum absolute atomic E-state index is 11.8. The van der Waals surface area contributed by atoms with Gasteiger partial charge in [0.1, 0.15) is 0 Å². The van der Waals surface area contributed by atoms with Crippen LogP contribution in [0.2, 0.25) is 0 Å². The molecule has 1 atom stereocenters. The van der Waals surface area contributed by atoms with Crippen LogP contribution in [-0.4, -0.2) is 36.0 Å². The number of hydrogen-bond acceptors (Lipinski definition) is 5. The smallest absolute Gasteiger partial charge is 0.325 e. The minimum absolute atomic E-state index is 0.132. The van der Waals surface area contributed by atoms with E-state index in [1.807, 2.05) is 4.98 Å². The van der Waals surface area contributed by atoms with Crippen LogP contribution in [0.3, 0.4) is 0 Å². The van der Waals surface area contributed by atoms with Crippen molar-refractivity contribution < 1.29 is 18.3 Å². The summed E-state index contributed by atoms with van der Waals surface area (Å²) in [6, 6.07) is 0. The Morgan fingerprint density at radius 3 is 2.63 bits per heavy atom. The Morgan fingerprint density at radius 2 is 2.11 bits per heavy atom. The largest absolute Gasteiger partial charge is 0.481 e. The molecule has 0 aliphatic carbocycles. The molecule has 19 heavy (non-hydrogen) atoms. The molecule has 4 N–H and O–H groups in total. The number of aliphatic carboxylic acids is 1. The quantitative estimate of drug-likeness (QED) is 0.498. The van der Waals surface area contributed by atoms with Gasteiger partial charge in [0.2, 0.25) is 10.0 Å². The second kappa shape index (κ2) is 5.80. The van der Waals surface area contributed by atoms with E-state index in [4.69, 9.17) is 5.11 Å². The minimum Gasteiger partial charge on any atom is -0.481 e. The Labute approximate surface area is 107 Å². The molecule has 0 amide bonds. The molecular weight excluding hydrogens is 278 g/mol. The summed E-state index contributed by atoms with van der Waals surface area (Å²) < 4.78 is 25.6. The number of carboxylic acid groups (broad SMARTS) is 1. The fourth-order valence-corrected chi connectivity index (χ4v) is 2.47. The summed E-state index contributed by atoms with van der Waals surface area (Å²) in [7, 11) is -4.10. The lowest BCUT2D eigenvalue weighted by Crippen LogP contribution is -2.35. The monoisotopic (exact) mass is 291 g/mol. The number of hydrogen-bond donors (Lipinski definition) is 4. The van der Waals surface area contributed by atoms with Crippen molar-refractivity contribution in [3.05, 3.63) is 27.0 Å². The van der Waals surface area contributed by atoms with Crippen molar-refractivity contribution >= 4 is 16.0 Å². The molecule has 1 unspecified atom stereocenters. The highest BCUT2D eigenvalue weighted by molar-refractivity contribution is 7.89. The van der Waals surface area contributed by atoms with E-state index in [0.717, 1.165) is 6.20 Å². The normalized spacial score (nSPS) is 13.1. The maximum Gasteiger partial charge on any atom is 0.325 e. The first kappa shape index (κ1) is 15.1.